The Morgan fingerprint density at radius 2 is 1.82 bits per heavy atom. The van der Waals surface area contributed by atoms with Crippen molar-refractivity contribution in [3.8, 4) is 0 Å². The number of rotatable bonds is 6. The molecule has 0 spiro atoms. The summed E-state index contributed by atoms with van der Waals surface area (Å²) in [6.07, 6.45) is 7.09. The van der Waals surface area contributed by atoms with Gasteiger partial charge in [-0.2, -0.15) is 0 Å². The Hall–Kier alpha value is -4.11. The maximum atomic E-state index is 14.3. The van der Waals surface area contributed by atoms with Crippen molar-refractivity contribution in [1.29, 1.82) is 0 Å². The van der Waals surface area contributed by atoms with Gasteiger partial charge in [0, 0.05) is 28.9 Å². The molecule has 16 heteroatoms. The van der Waals surface area contributed by atoms with E-state index in [9.17, 15) is 32.4 Å². The Morgan fingerprint density at radius 1 is 1.06 bits per heavy atom. The van der Waals surface area contributed by atoms with Gasteiger partial charge in [0.15, 0.2) is 5.76 Å². The summed E-state index contributed by atoms with van der Waals surface area (Å²) in [7, 11) is -3.90. The van der Waals surface area contributed by atoms with E-state index < -0.39 is 80.2 Å². The van der Waals surface area contributed by atoms with Crippen LogP contribution in [0.3, 0.4) is 0 Å². The van der Waals surface area contributed by atoms with E-state index in [1.165, 1.54) is 4.90 Å². The molecule has 1 aromatic carbocycles. The van der Waals surface area contributed by atoms with Crippen molar-refractivity contribution in [2.75, 3.05) is 6.54 Å². The summed E-state index contributed by atoms with van der Waals surface area (Å²) in [5.41, 5.74) is -1.90. The molecule has 0 radical (unpaired) electrons. The molecule has 276 valence electrons. The van der Waals surface area contributed by atoms with Gasteiger partial charge in [-0.15, -0.1) is 0 Å². The van der Waals surface area contributed by atoms with Crippen LogP contribution in [0.15, 0.2) is 40.8 Å². The molecule has 1 saturated heterocycles. The first-order valence-electron chi connectivity index (χ1n) is 17.4. The summed E-state index contributed by atoms with van der Waals surface area (Å²) in [6, 6.07) is 3.56. The lowest BCUT2D eigenvalue weighted by Gasteiger charge is -2.30. The molecular formula is C35H44ClN5O9S. The van der Waals surface area contributed by atoms with Gasteiger partial charge in [-0.05, 0) is 90.0 Å². The first kappa shape index (κ1) is 36.7. The monoisotopic (exact) mass is 745 g/mol. The zero-order chi connectivity index (χ0) is 36.7. The van der Waals surface area contributed by atoms with Crippen LogP contribution in [0.2, 0.25) is 5.02 Å². The summed E-state index contributed by atoms with van der Waals surface area (Å²) < 4.78 is 38.8. The second kappa shape index (κ2) is 14.1. The van der Waals surface area contributed by atoms with Gasteiger partial charge in [0.1, 0.15) is 28.8 Å². The lowest BCUT2D eigenvalue weighted by Crippen LogP contribution is -2.58. The van der Waals surface area contributed by atoms with E-state index in [-0.39, 0.29) is 31.6 Å². The highest BCUT2D eigenvalue weighted by Crippen LogP contribution is 2.46. The second-order valence-corrected chi connectivity index (χ2v) is 17.3. The average molecular weight is 746 g/mol. The number of nitrogens with one attached hydrogen (secondary N) is 4. The van der Waals surface area contributed by atoms with Crippen LogP contribution in [0.25, 0.3) is 11.0 Å². The van der Waals surface area contributed by atoms with Crippen molar-refractivity contribution in [1.82, 2.24) is 25.6 Å². The number of allylic oxidation sites excluding steroid dienone is 1. The van der Waals surface area contributed by atoms with E-state index >= 15 is 0 Å². The number of carbonyl (C=O) groups is 5. The molecule has 6 rings (SSSR count). The maximum Gasteiger partial charge on any atom is 0.408 e. The van der Waals surface area contributed by atoms with Crippen LogP contribution in [0.1, 0.15) is 89.1 Å². The van der Waals surface area contributed by atoms with Crippen molar-refractivity contribution < 1.29 is 41.5 Å². The molecule has 2 saturated carbocycles. The highest BCUT2D eigenvalue weighted by Gasteiger charge is 2.62. The van der Waals surface area contributed by atoms with Gasteiger partial charge in [-0.1, -0.05) is 36.6 Å². The lowest BCUT2D eigenvalue weighted by atomic mass is 10.0. The molecule has 5 amide bonds. The highest BCUT2D eigenvalue weighted by molar-refractivity contribution is 7.91. The van der Waals surface area contributed by atoms with Crippen LogP contribution < -0.4 is 20.7 Å². The number of sulfonamides is 1. The maximum absolute atomic E-state index is 14.3. The zero-order valence-corrected chi connectivity index (χ0v) is 30.4. The Balaban J connectivity index is 1.27. The van der Waals surface area contributed by atoms with Crippen LogP contribution in [0, 0.1) is 5.92 Å². The van der Waals surface area contributed by atoms with Gasteiger partial charge < -0.3 is 30.0 Å². The second-order valence-electron chi connectivity index (χ2n) is 14.9. The molecule has 2 aliphatic heterocycles. The number of amides is 5. The van der Waals surface area contributed by atoms with E-state index in [1.807, 2.05) is 12.2 Å². The summed E-state index contributed by atoms with van der Waals surface area (Å²) in [5.74, 6) is -3.07. The van der Waals surface area contributed by atoms with Crippen LogP contribution >= 0.6 is 11.6 Å². The van der Waals surface area contributed by atoms with E-state index in [0.29, 0.717) is 41.7 Å². The number of hydrogen-bond acceptors (Lipinski definition) is 9. The minimum Gasteiger partial charge on any atom is -0.451 e. The number of halogens is 1. The first-order chi connectivity index (χ1) is 24.0. The van der Waals surface area contributed by atoms with Crippen LogP contribution in [-0.4, -0.2) is 84.1 Å². The van der Waals surface area contributed by atoms with Crippen LogP contribution in [-0.2, 0) is 29.1 Å². The number of carbonyl (C=O) groups excluding carboxylic acids is 5. The van der Waals surface area contributed by atoms with E-state index in [4.69, 9.17) is 20.8 Å². The van der Waals surface area contributed by atoms with Gasteiger partial charge in [-0.25, -0.2) is 13.2 Å². The number of nitrogens with zero attached hydrogens (tertiary/aromatic N) is 1. The fourth-order valence-electron chi connectivity index (χ4n) is 6.74. The minimum absolute atomic E-state index is 0.0112. The molecule has 51 heavy (non-hydrogen) atoms. The van der Waals surface area contributed by atoms with E-state index in [1.54, 1.807) is 45.0 Å². The minimum atomic E-state index is -3.90. The van der Waals surface area contributed by atoms with Gasteiger partial charge >= 0.3 is 6.09 Å². The molecule has 1 aromatic heterocycles. The Bertz CT molecular complexity index is 1870. The fourth-order valence-corrected chi connectivity index (χ4v) is 8.28. The Morgan fingerprint density at radius 3 is 2.55 bits per heavy atom. The SMILES string of the molecule is CC(C)(C)OC(=O)N[C@H]1CCCCCC=C[C@@H]2C[C@@]2(C(=O)NS(=O)(=O)C2CC2)NC(=O)[C@@H]2C[C@@H](NC(=O)c3cc4cc(Cl)ccc4o3)CN2C1=O. The smallest absolute Gasteiger partial charge is 0.408 e. The third-order valence-electron chi connectivity index (χ3n) is 9.61. The predicted octanol–water partition coefficient (Wildman–Crippen LogP) is 3.68. The number of furan rings is 1. The third kappa shape index (κ3) is 8.52. The standard InChI is InChI=1S/C35H44ClN5O9S/c1-34(2,3)50-33(46)38-25-10-8-6-4-5-7-9-21-18-35(21,32(45)40-51(47,48)24-12-13-24)39-29(42)26-17-23(19-41(26)31(25)44)37-30(43)28-16-20-15-22(36)11-14-27(20)49-28/h7,9,11,14-16,21,23-26H,4-6,8,10,12-13,17-19H2,1-3H3,(H,37,43)(H,38,46)(H,39,42)(H,40,45)/t21-,23-,25+,26+,35-/m1/s1. The summed E-state index contributed by atoms with van der Waals surface area (Å²) in [5, 5.41) is 8.81. The quantitative estimate of drug-likeness (QED) is 0.319. The first-order valence-corrected chi connectivity index (χ1v) is 19.3. The number of alkyl carbamates (subject to hydrolysis) is 1. The summed E-state index contributed by atoms with van der Waals surface area (Å²) >= 11 is 6.09. The molecule has 4 aliphatic rings. The van der Waals surface area contributed by atoms with E-state index in [2.05, 4.69) is 20.7 Å². The van der Waals surface area contributed by atoms with Crippen molar-refractivity contribution in [2.45, 2.75) is 113 Å². The van der Waals surface area contributed by atoms with Gasteiger partial charge in [-0.3, -0.25) is 23.9 Å². The average Bonchev–Trinajstić information content (AvgIpc) is 3.93. The van der Waals surface area contributed by atoms with Gasteiger partial charge in [0.05, 0.1) is 5.25 Å². The molecule has 3 heterocycles. The van der Waals surface area contributed by atoms with Crippen LogP contribution in [0.4, 0.5) is 4.79 Å². The van der Waals surface area contributed by atoms with Gasteiger partial charge in [0.25, 0.3) is 11.8 Å². The predicted molar refractivity (Wildman–Crippen MR) is 187 cm³/mol. The fraction of sp³-hybridized carbons (Fsp3) is 0.571. The number of benzene rings is 1. The molecule has 0 unspecified atom stereocenters. The molecule has 2 aliphatic carbocycles. The summed E-state index contributed by atoms with van der Waals surface area (Å²) in [4.78, 5) is 69.6. The Labute approximate surface area is 301 Å². The molecule has 5 atom stereocenters. The molecule has 3 fully saturated rings. The number of hydrogen-bond donors (Lipinski definition) is 4. The van der Waals surface area contributed by atoms with Crippen LogP contribution in [0.5, 0.6) is 0 Å². The lowest BCUT2D eigenvalue weighted by molar-refractivity contribution is -0.141. The zero-order valence-electron chi connectivity index (χ0n) is 28.8. The topological polar surface area (TPSA) is 193 Å². The number of fused-ring (bicyclic) bond motifs is 3. The third-order valence-corrected chi connectivity index (χ3v) is 11.7. The van der Waals surface area contributed by atoms with Crippen molar-refractivity contribution >= 4 is 62.3 Å². The van der Waals surface area contributed by atoms with Crippen molar-refractivity contribution in [3.63, 3.8) is 0 Å². The van der Waals surface area contributed by atoms with Crippen molar-refractivity contribution in [3.05, 3.63) is 47.2 Å². The molecule has 14 nitrogen and oxygen atoms in total. The normalized spacial score (nSPS) is 27.3. The highest BCUT2D eigenvalue weighted by atomic mass is 35.5. The molecular weight excluding hydrogens is 702 g/mol. The molecule has 0 bridgehead atoms. The largest absolute Gasteiger partial charge is 0.451 e. The van der Waals surface area contributed by atoms with E-state index in [0.717, 1.165) is 12.8 Å². The molecule has 2 aromatic rings. The number of ether oxygens (including phenoxy) is 1. The van der Waals surface area contributed by atoms with Crippen molar-refractivity contribution in [2.24, 2.45) is 5.92 Å². The van der Waals surface area contributed by atoms with Gasteiger partial charge in [0.2, 0.25) is 21.8 Å². The summed E-state index contributed by atoms with van der Waals surface area (Å²) in [6.45, 7) is 5.03. The molecule has 4 N–H and O–H groups in total. The Kier molecular flexibility index (Phi) is 10.2.